The van der Waals surface area contributed by atoms with Crippen molar-refractivity contribution < 1.29 is 14.0 Å². The Morgan fingerprint density at radius 1 is 1.07 bits per heavy atom. The Balaban J connectivity index is 1.35. The lowest BCUT2D eigenvalue weighted by Gasteiger charge is -2.06. The van der Waals surface area contributed by atoms with Crippen molar-refractivity contribution in [2.45, 2.75) is 19.4 Å². The first-order chi connectivity index (χ1) is 13.6. The number of amides is 2. The Labute approximate surface area is 165 Å². The van der Waals surface area contributed by atoms with Crippen LogP contribution in [-0.2, 0) is 11.3 Å². The van der Waals surface area contributed by atoms with E-state index in [1.54, 1.807) is 24.3 Å². The Hall–Kier alpha value is -3.06. The summed E-state index contributed by atoms with van der Waals surface area (Å²) < 4.78 is 13.0. The molecule has 2 aromatic carbocycles. The van der Waals surface area contributed by atoms with Crippen LogP contribution >= 0.6 is 11.3 Å². The first-order valence-electron chi connectivity index (χ1n) is 8.98. The van der Waals surface area contributed by atoms with Crippen LogP contribution in [0.4, 0.5) is 9.52 Å². The van der Waals surface area contributed by atoms with E-state index >= 15 is 0 Å². The summed E-state index contributed by atoms with van der Waals surface area (Å²) in [5.41, 5.74) is 2.92. The highest BCUT2D eigenvalue weighted by Crippen LogP contribution is 2.29. The summed E-state index contributed by atoms with van der Waals surface area (Å²) in [5.74, 6) is -0.276. The van der Waals surface area contributed by atoms with Gasteiger partial charge < -0.3 is 5.32 Å². The number of carbonyl (C=O) groups is 2. The molecule has 0 bridgehead atoms. The normalized spacial score (nSPS) is 13.2. The number of carbonyl (C=O) groups excluding carboxylic acids is 2. The van der Waals surface area contributed by atoms with Crippen molar-refractivity contribution in [3.8, 4) is 11.3 Å². The van der Waals surface area contributed by atoms with E-state index in [0.717, 1.165) is 24.0 Å². The zero-order chi connectivity index (χ0) is 19.5. The third-order valence-corrected chi connectivity index (χ3v) is 5.25. The van der Waals surface area contributed by atoms with Gasteiger partial charge in [-0.2, -0.15) is 0 Å². The van der Waals surface area contributed by atoms with Gasteiger partial charge in [0.05, 0.1) is 5.69 Å². The number of hydrogen-bond donors (Lipinski definition) is 2. The zero-order valence-corrected chi connectivity index (χ0v) is 15.8. The first-order valence-corrected chi connectivity index (χ1v) is 9.86. The van der Waals surface area contributed by atoms with Crippen LogP contribution in [0, 0.1) is 11.7 Å². The molecule has 142 valence electrons. The van der Waals surface area contributed by atoms with Gasteiger partial charge in [-0.05, 0) is 54.8 Å². The zero-order valence-electron chi connectivity index (χ0n) is 14.9. The first kappa shape index (κ1) is 18.3. The lowest BCUT2D eigenvalue weighted by molar-refractivity contribution is -0.122. The van der Waals surface area contributed by atoms with Crippen molar-refractivity contribution in [2.75, 3.05) is 5.32 Å². The van der Waals surface area contributed by atoms with Crippen LogP contribution < -0.4 is 10.6 Å². The number of halogens is 1. The molecule has 3 aromatic rings. The lowest BCUT2D eigenvalue weighted by Crippen LogP contribution is -2.24. The fourth-order valence-electron chi connectivity index (χ4n) is 2.71. The standard InChI is InChI=1S/C21H18FN3O2S/c22-17-9-7-14(8-10-17)18-12-28-21(24-18)25-20(27)16-3-1-13(2-4-16)11-23-19(26)15-5-6-15/h1-4,7-10,12,15H,5-6,11H2,(H,23,26)(H,24,25,27). The predicted octanol–water partition coefficient (Wildman–Crippen LogP) is 4.23. The fraction of sp³-hybridized carbons (Fsp3) is 0.190. The number of nitrogens with one attached hydrogen (secondary N) is 2. The number of anilines is 1. The summed E-state index contributed by atoms with van der Waals surface area (Å²) in [6.45, 7) is 0.463. The molecular weight excluding hydrogens is 377 g/mol. The number of nitrogens with zero attached hydrogens (tertiary/aromatic N) is 1. The maximum absolute atomic E-state index is 13.0. The van der Waals surface area contributed by atoms with Gasteiger partial charge in [0.2, 0.25) is 5.91 Å². The van der Waals surface area contributed by atoms with Crippen molar-refractivity contribution in [3.63, 3.8) is 0 Å². The monoisotopic (exact) mass is 395 g/mol. The average molecular weight is 395 g/mol. The van der Waals surface area contributed by atoms with Crippen molar-refractivity contribution in [3.05, 3.63) is 70.9 Å². The minimum absolute atomic E-state index is 0.0996. The van der Waals surface area contributed by atoms with Gasteiger partial charge in [-0.1, -0.05) is 12.1 Å². The number of thiazole rings is 1. The Bertz CT molecular complexity index is 995. The van der Waals surface area contributed by atoms with Crippen LogP contribution in [0.25, 0.3) is 11.3 Å². The largest absolute Gasteiger partial charge is 0.352 e. The minimum atomic E-state index is -0.303. The minimum Gasteiger partial charge on any atom is -0.352 e. The molecule has 1 aliphatic carbocycles. The van der Waals surface area contributed by atoms with E-state index in [9.17, 15) is 14.0 Å². The average Bonchev–Trinajstić information content (AvgIpc) is 3.47. The molecule has 28 heavy (non-hydrogen) atoms. The molecule has 5 nitrogen and oxygen atoms in total. The van der Waals surface area contributed by atoms with E-state index in [0.29, 0.717) is 22.9 Å². The number of aromatic nitrogens is 1. The third-order valence-electron chi connectivity index (χ3n) is 4.50. The van der Waals surface area contributed by atoms with Crippen LogP contribution in [0.5, 0.6) is 0 Å². The molecule has 4 rings (SSSR count). The number of rotatable bonds is 6. The van der Waals surface area contributed by atoms with Gasteiger partial charge >= 0.3 is 0 Å². The topological polar surface area (TPSA) is 71.1 Å². The van der Waals surface area contributed by atoms with Gasteiger partial charge in [0.15, 0.2) is 5.13 Å². The molecule has 1 aromatic heterocycles. The predicted molar refractivity (Wildman–Crippen MR) is 106 cm³/mol. The summed E-state index contributed by atoms with van der Waals surface area (Å²) in [7, 11) is 0. The maximum atomic E-state index is 13.0. The second-order valence-electron chi connectivity index (χ2n) is 6.69. The summed E-state index contributed by atoms with van der Waals surface area (Å²) in [5, 5.41) is 7.97. The van der Waals surface area contributed by atoms with Crippen LogP contribution in [0.2, 0.25) is 0 Å². The SMILES string of the molecule is O=C(Nc1nc(-c2ccc(F)cc2)cs1)c1ccc(CNC(=O)C2CC2)cc1. The molecule has 2 N–H and O–H groups in total. The van der Waals surface area contributed by atoms with Crippen LogP contribution in [-0.4, -0.2) is 16.8 Å². The molecule has 1 aliphatic rings. The molecule has 0 atom stereocenters. The lowest BCUT2D eigenvalue weighted by atomic mass is 10.1. The second-order valence-corrected chi connectivity index (χ2v) is 7.55. The smallest absolute Gasteiger partial charge is 0.257 e. The Morgan fingerprint density at radius 3 is 2.46 bits per heavy atom. The van der Waals surface area contributed by atoms with E-state index in [-0.39, 0.29) is 23.5 Å². The second kappa shape index (κ2) is 7.90. The quantitative estimate of drug-likeness (QED) is 0.656. The Morgan fingerprint density at radius 2 is 1.79 bits per heavy atom. The van der Waals surface area contributed by atoms with Gasteiger partial charge in [-0.25, -0.2) is 9.37 Å². The van der Waals surface area contributed by atoms with Crippen LogP contribution in [0.1, 0.15) is 28.8 Å². The van der Waals surface area contributed by atoms with E-state index < -0.39 is 0 Å². The van der Waals surface area contributed by atoms with E-state index in [1.165, 1.54) is 23.5 Å². The van der Waals surface area contributed by atoms with Gasteiger partial charge in [-0.15, -0.1) is 11.3 Å². The molecule has 2 amide bonds. The van der Waals surface area contributed by atoms with Crippen molar-refractivity contribution in [2.24, 2.45) is 5.92 Å². The molecule has 1 heterocycles. The van der Waals surface area contributed by atoms with Gasteiger partial charge in [0.25, 0.3) is 5.91 Å². The highest BCUT2D eigenvalue weighted by atomic mass is 32.1. The van der Waals surface area contributed by atoms with E-state index in [2.05, 4.69) is 15.6 Å². The van der Waals surface area contributed by atoms with E-state index in [1.807, 2.05) is 17.5 Å². The molecule has 1 saturated carbocycles. The van der Waals surface area contributed by atoms with Gasteiger partial charge in [0, 0.05) is 29.0 Å². The summed E-state index contributed by atoms with van der Waals surface area (Å²) >= 11 is 1.31. The maximum Gasteiger partial charge on any atom is 0.257 e. The van der Waals surface area contributed by atoms with E-state index in [4.69, 9.17) is 0 Å². The Kier molecular flexibility index (Phi) is 5.16. The highest BCUT2D eigenvalue weighted by molar-refractivity contribution is 7.14. The van der Waals surface area contributed by atoms with Crippen LogP contribution in [0.3, 0.4) is 0 Å². The molecular formula is C21H18FN3O2S. The highest BCUT2D eigenvalue weighted by Gasteiger charge is 2.29. The molecule has 0 unspecified atom stereocenters. The van der Waals surface area contributed by atoms with Gasteiger partial charge in [-0.3, -0.25) is 14.9 Å². The molecule has 7 heteroatoms. The van der Waals surface area contributed by atoms with Crippen LogP contribution in [0.15, 0.2) is 53.9 Å². The number of benzene rings is 2. The molecule has 1 fully saturated rings. The summed E-state index contributed by atoms with van der Waals surface area (Å²) in [6.07, 6.45) is 1.95. The summed E-state index contributed by atoms with van der Waals surface area (Å²) in [6, 6.07) is 13.2. The fourth-order valence-corrected chi connectivity index (χ4v) is 3.42. The van der Waals surface area contributed by atoms with Crippen molar-refractivity contribution in [1.29, 1.82) is 0 Å². The third kappa shape index (κ3) is 4.43. The molecule has 0 radical (unpaired) electrons. The summed E-state index contributed by atoms with van der Waals surface area (Å²) in [4.78, 5) is 28.5. The molecule has 0 spiro atoms. The van der Waals surface area contributed by atoms with Crippen molar-refractivity contribution >= 4 is 28.3 Å². The number of hydrogen-bond acceptors (Lipinski definition) is 4. The molecule has 0 saturated heterocycles. The van der Waals surface area contributed by atoms with Gasteiger partial charge in [0.1, 0.15) is 5.82 Å². The van der Waals surface area contributed by atoms with Crippen molar-refractivity contribution in [1.82, 2.24) is 10.3 Å². The molecule has 0 aliphatic heterocycles.